The average molecular weight is 414 g/mol. The first-order valence-electron chi connectivity index (χ1n) is 8.85. The van der Waals surface area contributed by atoms with Crippen molar-refractivity contribution in [3.05, 3.63) is 70.2 Å². The van der Waals surface area contributed by atoms with Crippen LogP contribution in [-0.4, -0.2) is 44.0 Å². The lowest BCUT2D eigenvalue weighted by atomic mass is 10.1. The largest absolute Gasteiger partial charge is 0.369 e. The highest BCUT2D eigenvalue weighted by atomic mass is 79.9. The zero-order chi connectivity index (χ0) is 18.4. The lowest BCUT2D eigenvalue weighted by molar-refractivity contribution is -0.116. The number of likely N-dealkylation sites (N-methyl/N-ethyl adjacent to an activating group) is 1. The Bertz CT molecular complexity index is 782. The van der Waals surface area contributed by atoms with Crippen LogP contribution in [0.15, 0.2) is 59.1 Å². The minimum absolute atomic E-state index is 0.0890. The van der Waals surface area contributed by atoms with Crippen molar-refractivity contribution in [2.75, 3.05) is 38.1 Å². The highest BCUT2D eigenvalue weighted by Gasteiger charge is 2.16. The van der Waals surface area contributed by atoms with Crippen molar-refractivity contribution >= 4 is 33.6 Å². The molecule has 2 aromatic carbocycles. The first kappa shape index (κ1) is 18.7. The van der Waals surface area contributed by atoms with Crippen molar-refractivity contribution in [1.29, 1.82) is 0 Å². The molecule has 1 heterocycles. The Kier molecular flexibility index (Phi) is 6.47. The molecule has 0 spiro atoms. The standard InChI is InChI=1S/C21H24BrN3O/c1-24-12-14-25(15-13-24)20-9-5-3-7-18(20)16-23-21(26)11-10-17-6-2-4-8-19(17)22/h2-11H,12-16H2,1H3,(H,23,26)/b11-10+. The van der Waals surface area contributed by atoms with Crippen LogP contribution in [0.25, 0.3) is 6.08 Å². The number of piperazine rings is 1. The molecule has 5 heteroatoms. The van der Waals surface area contributed by atoms with E-state index in [4.69, 9.17) is 0 Å². The fourth-order valence-corrected chi connectivity index (χ4v) is 3.45. The van der Waals surface area contributed by atoms with E-state index in [0.29, 0.717) is 6.54 Å². The number of carbonyl (C=O) groups is 1. The zero-order valence-corrected chi connectivity index (χ0v) is 16.6. The van der Waals surface area contributed by atoms with Gasteiger partial charge in [-0.15, -0.1) is 0 Å². The van der Waals surface area contributed by atoms with Gasteiger partial charge in [0, 0.05) is 49.0 Å². The van der Waals surface area contributed by atoms with E-state index in [1.807, 2.05) is 36.4 Å². The Hall–Kier alpha value is -2.11. The maximum atomic E-state index is 12.2. The second kappa shape index (κ2) is 9.01. The number of amides is 1. The molecule has 3 rings (SSSR count). The molecule has 0 aromatic heterocycles. The molecule has 0 radical (unpaired) electrons. The summed E-state index contributed by atoms with van der Waals surface area (Å²) in [5.41, 5.74) is 3.36. The van der Waals surface area contributed by atoms with E-state index in [2.05, 4.69) is 56.3 Å². The molecule has 1 fully saturated rings. The topological polar surface area (TPSA) is 35.6 Å². The Balaban J connectivity index is 1.61. The van der Waals surface area contributed by atoms with Crippen LogP contribution in [0.1, 0.15) is 11.1 Å². The van der Waals surface area contributed by atoms with E-state index in [1.54, 1.807) is 6.08 Å². The van der Waals surface area contributed by atoms with E-state index in [1.165, 1.54) is 5.69 Å². The molecular formula is C21H24BrN3O. The molecule has 0 unspecified atom stereocenters. The second-order valence-corrected chi connectivity index (χ2v) is 7.35. The summed E-state index contributed by atoms with van der Waals surface area (Å²) in [5, 5.41) is 3.00. The summed E-state index contributed by atoms with van der Waals surface area (Å²) in [6.45, 7) is 4.69. The van der Waals surface area contributed by atoms with E-state index < -0.39 is 0 Å². The third-order valence-corrected chi connectivity index (χ3v) is 5.33. The quantitative estimate of drug-likeness (QED) is 0.761. The lowest BCUT2D eigenvalue weighted by Gasteiger charge is -2.35. The average Bonchev–Trinajstić information content (AvgIpc) is 2.67. The highest BCUT2D eigenvalue weighted by Crippen LogP contribution is 2.21. The van der Waals surface area contributed by atoms with Crippen molar-refractivity contribution in [2.45, 2.75) is 6.54 Å². The number of hydrogen-bond acceptors (Lipinski definition) is 3. The van der Waals surface area contributed by atoms with Gasteiger partial charge in [0.1, 0.15) is 0 Å². The molecule has 1 N–H and O–H groups in total. The molecule has 1 aliphatic heterocycles. The van der Waals surface area contributed by atoms with Crippen LogP contribution in [0.3, 0.4) is 0 Å². The molecular weight excluding hydrogens is 390 g/mol. The third kappa shape index (κ3) is 4.96. The Morgan fingerprint density at radius 3 is 2.54 bits per heavy atom. The van der Waals surface area contributed by atoms with Gasteiger partial charge in [0.2, 0.25) is 5.91 Å². The van der Waals surface area contributed by atoms with Crippen LogP contribution < -0.4 is 10.2 Å². The molecule has 4 nitrogen and oxygen atoms in total. The van der Waals surface area contributed by atoms with Gasteiger partial charge in [-0.1, -0.05) is 52.3 Å². The summed E-state index contributed by atoms with van der Waals surface area (Å²) >= 11 is 3.49. The molecule has 26 heavy (non-hydrogen) atoms. The summed E-state index contributed by atoms with van der Waals surface area (Å²) in [6.07, 6.45) is 3.41. The Labute approximate surface area is 163 Å². The molecule has 0 bridgehead atoms. The highest BCUT2D eigenvalue weighted by molar-refractivity contribution is 9.10. The van der Waals surface area contributed by atoms with Crippen LogP contribution in [0, 0.1) is 0 Å². The summed E-state index contributed by atoms with van der Waals surface area (Å²) < 4.78 is 0.976. The van der Waals surface area contributed by atoms with Crippen molar-refractivity contribution in [3.63, 3.8) is 0 Å². The monoisotopic (exact) mass is 413 g/mol. The van der Waals surface area contributed by atoms with Crippen molar-refractivity contribution in [1.82, 2.24) is 10.2 Å². The minimum atomic E-state index is -0.0890. The fraction of sp³-hybridized carbons (Fsp3) is 0.286. The molecule has 1 amide bonds. The number of nitrogens with zero attached hydrogens (tertiary/aromatic N) is 2. The smallest absolute Gasteiger partial charge is 0.244 e. The normalized spacial score (nSPS) is 15.4. The predicted octanol–water partition coefficient (Wildman–Crippen LogP) is 3.53. The molecule has 2 aromatic rings. The Morgan fingerprint density at radius 1 is 1.08 bits per heavy atom. The predicted molar refractivity (Wildman–Crippen MR) is 111 cm³/mol. The number of para-hydroxylation sites is 1. The first-order valence-corrected chi connectivity index (χ1v) is 9.64. The molecule has 0 aliphatic carbocycles. The van der Waals surface area contributed by atoms with Gasteiger partial charge in [-0.05, 0) is 36.4 Å². The maximum absolute atomic E-state index is 12.2. The van der Waals surface area contributed by atoms with Gasteiger partial charge in [0.05, 0.1) is 0 Å². The fourth-order valence-electron chi connectivity index (χ4n) is 3.03. The van der Waals surface area contributed by atoms with Crippen molar-refractivity contribution in [3.8, 4) is 0 Å². The lowest BCUT2D eigenvalue weighted by Crippen LogP contribution is -2.45. The van der Waals surface area contributed by atoms with Crippen LogP contribution >= 0.6 is 15.9 Å². The van der Waals surface area contributed by atoms with Crippen LogP contribution in [0.2, 0.25) is 0 Å². The second-order valence-electron chi connectivity index (χ2n) is 6.49. The summed E-state index contributed by atoms with van der Waals surface area (Å²) in [4.78, 5) is 16.9. The van der Waals surface area contributed by atoms with Gasteiger partial charge in [0.15, 0.2) is 0 Å². The zero-order valence-electron chi connectivity index (χ0n) is 15.0. The van der Waals surface area contributed by atoms with E-state index >= 15 is 0 Å². The minimum Gasteiger partial charge on any atom is -0.369 e. The van der Waals surface area contributed by atoms with Gasteiger partial charge in [0.25, 0.3) is 0 Å². The van der Waals surface area contributed by atoms with Crippen molar-refractivity contribution < 1.29 is 4.79 Å². The number of anilines is 1. The van der Waals surface area contributed by atoms with Gasteiger partial charge in [-0.3, -0.25) is 4.79 Å². The van der Waals surface area contributed by atoms with Crippen LogP contribution in [-0.2, 0) is 11.3 Å². The maximum Gasteiger partial charge on any atom is 0.244 e. The number of nitrogens with one attached hydrogen (secondary N) is 1. The van der Waals surface area contributed by atoms with E-state index in [0.717, 1.165) is 41.8 Å². The molecule has 136 valence electrons. The number of carbonyl (C=O) groups excluding carboxylic acids is 1. The van der Waals surface area contributed by atoms with Crippen LogP contribution in [0.4, 0.5) is 5.69 Å². The number of hydrogen-bond donors (Lipinski definition) is 1. The molecule has 0 saturated carbocycles. The number of benzene rings is 2. The van der Waals surface area contributed by atoms with Gasteiger partial charge < -0.3 is 15.1 Å². The van der Waals surface area contributed by atoms with Gasteiger partial charge >= 0.3 is 0 Å². The number of rotatable bonds is 5. The number of halogens is 1. The molecule has 1 saturated heterocycles. The summed E-state index contributed by atoms with van der Waals surface area (Å²) in [6, 6.07) is 16.2. The summed E-state index contributed by atoms with van der Waals surface area (Å²) in [7, 11) is 2.15. The first-order chi connectivity index (χ1) is 12.6. The van der Waals surface area contributed by atoms with Crippen LogP contribution in [0.5, 0.6) is 0 Å². The van der Waals surface area contributed by atoms with Gasteiger partial charge in [-0.25, -0.2) is 0 Å². The molecule has 1 aliphatic rings. The van der Waals surface area contributed by atoms with E-state index in [-0.39, 0.29) is 5.91 Å². The third-order valence-electron chi connectivity index (χ3n) is 4.61. The van der Waals surface area contributed by atoms with Crippen molar-refractivity contribution in [2.24, 2.45) is 0 Å². The Morgan fingerprint density at radius 2 is 1.77 bits per heavy atom. The van der Waals surface area contributed by atoms with Gasteiger partial charge in [-0.2, -0.15) is 0 Å². The SMILES string of the molecule is CN1CCN(c2ccccc2CNC(=O)/C=C/c2ccccc2Br)CC1. The summed E-state index contributed by atoms with van der Waals surface area (Å²) in [5.74, 6) is -0.0890. The molecule has 0 atom stereocenters. The van der Waals surface area contributed by atoms with E-state index in [9.17, 15) is 4.79 Å².